The van der Waals surface area contributed by atoms with E-state index in [1.54, 1.807) is 60.7 Å². The summed E-state index contributed by atoms with van der Waals surface area (Å²) in [4.78, 5) is 20.7. The lowest BCUT2D eigenvalue weighted by Gasteiger charge is -2.10. The second-order valence-electron chi connectivity index (χ2n) is 6.58. The third-order valence-electron chi connectivity index (χ3n) is 4.44. The van der Waals surface area contributed by atoms with Crippen LogP contribution in [0.4, 0.5) is 22.9 Å². The van der Waals surface area contributed by atoms with E-state index >= 15 is 0 Å². The number of hydrogen-bond acceptors (Lipinski definition) is 6. The Morgan fingerprint density at radius 2 is 1.57 bits per heavy atom. The quantitative estimate of drug-likeness (QED) is 0.371. The Hall–Kier alpha value is -4.39. The zero-order chi connectivity index (χ0) is 20.9. The summed E-state index contributed by atoms with van der Waals surface area (Å²) in [6.45, 7) is 0. The molecule has 4 aromatic rings. The monoisotopic (exact) mass is 397 g/mol. The molecule has 148 valence electrons. The molecule has 30 heavy (non-hydrogen) atoms. The lowest BCUT2D eigenvalue weighted by Crippen LogP contribution is -2.11. The largest absolute Gasteiger partial charge is 0.507 e. The number of nitrogens with two attached hydrogens (primary N) is 1. The molecular formula is C23H19N5O2. The second-order valence-corrected chi connectivity index (χ2v) is 6.58. The number of phenolic OH excluding ortho intramolecular Hbond substituents is 1. The van der Waals surface area contributed by atoms with Crippen molar-refractivity contribution in [2.45, 2.75) is 0 Å². The zero-order valence-electron chi connectivity index (χ0n) is 15.9. The van der Waals surface area contributed by atoms with Crippen molar-refractivity contribution in [2.75, 3.05) is 16.4 Å². The molecule has 0 radical (unpaired) electrons. The van der Waals surface area contributed by atoms with E-state index in [9.17, 15) is 9.90 Å². The van der Waals surface area contributed by atoms with Crippen molar-refractivity contribution in [2.24, 2.45) is 0 Å². The second kappa shape index (κ2) is 8.32. The molecule has 0 bridgehead atoms. The van der Waals surface area contributed by atoms with Gasteiger partial charge in [0.25, 0.3) is 5.91 Å². The summed E-state index contributed by atoms with van der Waals surface area (Å²) in [5.41, 5.74) is 9.49. The number of para-hydroxylation sites is 1. The first-order valence-electron chi connectivity index (χ1n) is 9.23. The number of amides is 1. The number of nitrogen functional groups attached to an aromatic ring is 1. The van der Waals surface area contributed by atoms with Crippen LogP contribution in [0.25, 0.3) is 11.3 Å². The molecule has 1 amide bonds. The molecular weight excluding hydrogens is 378 g/mol. The van der Waals surface area contributed by atoms with Crippen LogP contribution in [0.3, 0.4) is 0 Å². The van der Waals surface area contributed by atoms with E-state index < -0.39 is 0 Å². The molecule has 3 aromatic carbocycles. The number of anilines is 4. The zero-order valence-corrected chi connectivity index (χ0v) is 15.9. The molecule has 7 heteroatoms. The van der Waals surface area contributed by atoms with Gasteiger partial charge in [-0.15, -0.1) is 0 Å². The highest BCUT2D eigenvalue weighted by atomic mass is 16.3. The van der Waals surface area contributed by atoms with Crippen LogP contribution in [0.1, 0.15) is 10.4 Å². The summed E-state index contributed by atoms with van der Waals surface area (Å²) in [6, 6.07) is 22.7. The average Bonchev–Trinajstić information content (AvgIpc) is 2.76. The molecule has 1 heterocycles. The molecule has 0 saturated heterocycles. The maximum absolute atomic E-state index is 12.3. The first-order chi connectivity index (χ1) is 14.6. The number of rotatable bonds is 5. The third-order valence-corrected chi connectivity index (χ3v) is 4.44. The molecule has 0 spiro atoms. The minimum Gasteiger partial charge on any atom is -0.507 e. The number of aromatic hydroxyl groups is 1. The Bertz CT molecular complexity index is 1170. The average molecular weight is 397 g/mol. The number of hydrogen-bond donors (Lipinski definition) is 4. The van der Waals surface area contributed by atoms with Gasteiger partial charge < -0.3 is 21.5 Å². The summed E-state index contributed by atoms with van der Waals surface area (Å²) in [7, 11) is 0. The summed E-state index contributed by atoms with van der Waals surface area (Å²) in [6.07, 6.45) is 1.44. The highest BCUT2D eigenvalue weighted by molar-refractivity contribution is 6.04. The molecule has 0 aliphatic heterocycles. The maximum Gasteiger partial charge on any atom is 0.255 e. The van der Waals surface area contributed by atoms with Crippen molar-refractivity contribution in [1.29, 1.82) is 0 Å². The van der Waals surface area contributed by atoms with Crippen LogP contribution in [0.15, 0.2) is 85.2 Å². The Balaban J connectivity index is 1.45. The van der Waals surface area contributed by atoms with Gasteiger partial charge in [-0.2, -0.15) is 0 Å². The Labute approximate surface area is 173 Å². The van der Waals surface area contributed by atoms with E-state index in [2.05, 4.69) is 20.6 Å². The van der Waals surface area contributed by atoms with Crippen molar-refractivity contribution in [3.63, 3.8) is 0 Å². The minimum atomic E-state index is -0.209. The fourth-order valence-electron chi connectivity index (χ4n) is 2.89. The number of benzene rings is 3. The van der Waals surface area contributed by atoms with E-state index in [1.807, 2.05) is 18.2 Å². The SMILES string of the molecule is Nc1ccc(C(=O)Nc2ccc(Nc3cc(-c4ccccc4O)ncn3)cc2)cc1. The van der Waals surface area contributed by atoms with Crippen LogP contribution in [0.2, 0.25) is 0 Å². The fourth-order valence-corrected chi connectivity index (χ4v) is 2.89. The maximum atomic E-state index is 12.3. The molecule has 5 N–H and O–H groups in total. The predicted octanol–water partition coefficient (Wildman–Crippen LogP) is 4.43. The molecule has 0 saturated carbocycles. The molecule has 0 aliphatic rings. The van der Waals surface area contributed by atoms with E-state index in [-0.39, 0.29) is 11.7 Å². The van der Waals surface area contributed by atoms with Crippen LogP contribution in [0, 0.1) is 0 Å². The van der Waals surface area contributed by atoms with Gasteiger partial charge in [-0.1, -0.05) is 12.1 Å². The summed E-state index contributed by atoms with van der Waals surface area (Å²) in [5, 5.41) is 16.1. The van der Waals surface area contributed by atoms with Crippen LogP contribution < -0.4 is 16.4 Å². The first kappa shape index (κ1) is 18.9. The molecule has 0 atom stereocenters. The lowest BCUT2D eigenvalue weighted by molar-refractivity contribution is 0.102. The predicted molar refractivity (Wildman–Crippen MR) is 118 cm³/mol. The minimum absolute atomic E-state index is 0.156. The topological polar surface area (TPSA) is 113 Å². The van der Waals surface area contributed by atoms with E-state index in [4.69, 9.17) is 5.73 Å². The highest BCUT2D eigenvalue weighted by Crippen LogP contribution is 2.28. The first-order valence-corrected chi connectivity index (χ1v) is 9.23. The number of phenols is 1. The fraction of sp³-hybridized carbons (Fsp3) is 0. The van der Waals surface area contributed by atoms with Crippen LogP contribution in [-0.2, 0) is 0 Å². The molecule has 7 nitrogen and oxygen atoms in total. The summed E-state index contributed by atoms with van der Waals surface area (Å²) < 4.78 is 0. The van der Waals surface area contributed by atoms with Crippen molar-refractivity contribution in [1.82, 2.24) is 9.97 Å². The molecule has 0 unspecified atom stereocenters. The number of aromatic nitrogens is 2. The van der Waals surface area contributed by atoms with E-state index in [0.29, 0.717) is 34.0 Å². The van der Waals surface area contributed by atoms with Crippen LogP contribution in [0.5, 0.6) is 5.75 Å². The summed E-state index contributed by atoms with van der Waals surface area (Å²) >= 11 is 0. The number of carbonyl (C=O) groups excluding carboxylic acids is 1. The third kappa shape index (κ3) is 4.36. The van der Waals surface area contributed by atoms with Gasteiger partial charge in [0, 0.05) is 34.3 Å². The molecule has 0 fully saturated rings. The Morgan fingerprint density at radius 3 is 2.30 bits per heavy atom. The van der Waals surface area contributed by atoms with Gasteiger partial charge in [-0.3, -0.25) is 4.79 Å². The van der Waals surface area contributed by atoms with Gasteiger partial charge in [-0.05, 0) is 60.7 Å². The smallest absolute Gasteiger partial charge is 0.255 e. The highest BCUT2D eigenvalue weighted by Gasteiger charge is 2.08. The number of carbonyl (C=O) groups is 1. The van der Waals surface area contributed by atoms with Crippen LogP contribution in [-0.4, -0.2) is 21.0 Å². The molecule has 1 aromatic heterocycles. The van der Waals surface area contributed by atoms with Crippen molar-refractivity contribution >= 4 is 28.8 Å². The normalized spacial score (nSPS) is 10.4. The molecule has 4 rings (SSSR count). The standard InChI is InChI=1S/C23H19N5O2/c24-16-7-5-15(6-8-16)23(30)28-18-11-9-17(10-12-18)27-22-13-20(25-14-26-22)19-3-1-2-4-21(19)29/h1-14,29H,24H2,(H,28,30)(H,25,26,27). The van der Waals surface area contributed by atoms with Gasteiger partial charge in [0.1, 0.15) is 17.9 Å². The van der Waals surface area contributed by atoms with Crippen molar-refractivity contribution in [3.8, 4) is 17.0 Å². The van der Waals surface area contributed by atoms with Gasteiger partial charge in [0.15, 0.2) is 0 Å². The van der Waals surface area contributed by atoms with Crippen molar-refractivity contribution < 1.29 is 9.90 Å². The lowest BCUT2D eigenvalue weighted by atomic mass is 10.1. The van der Waals surface area contributed by atoms with Crippen molar-refractivity contribution in [3.05, 3.63) is 90.8 Å². The number of nitrogens with one attached hydrogen (secondary N) is 2. The van der Waals surface area contributed by atoms with E-state index in [0.717, 1.165) is 5.69 Å². The molecule has 0 aliphatic carbocycles. The summed E-state index contributed by atoms with van der Waals surface area (Å²) in [5.74, 6) is 0.532. The van der Waals surface area contributed by atoms with Crippen LogP contribution >= 0.6 is 0 Å². The number of nitrogens with zero attached hydrogens (tertiary/aromatic N) is 2. The van der Waals surface area contributed by atoms with Gasteiger partial charge in [-0.25, -0.2) is 9.97 Å². The van der Waals surface area contributed by atoms with Gasteiger partial charge >= 0.3 is 0 Å². The van der Waals surface area contributed by atoms with Gasteiger partial charge in [0.05, 0.1) is 5.69 Å². The Kier molecular flexibility index (Phi) is 5.25. The van der Waals surface area contributed by atoms with Gasteiger partial charge in [0.2, 0.25) is 0 Å². The van der Waals surface area contributed by atoms with E-state index in [1.165, 1.54) is 6.33 Å². The Morgan fingerprint density at radius 1 is 0.867 bits per heavy atom.